The molecule has 0 nitrogen and oxygen atoms in total. The Morgan fingerprint density at radius 3 is 2.42 bits per heavy atom. The van der Waals surface area contributed by atoms with Gasteiger partial charge in [0.2, 0.25) is 0 Å². The minimum Gasteiger partial charge on any atom is -0.0922 e. The van der Waals surface area contributed by atoms with Crippen molar-refractivity contribution in [2.24, 2.45) is 11.3 Å². The normalized spacial score (nSPS) is 22.9. The van der Waals surface area contributed by atoms with Crippen LogP contribution in [0.3, 0.4) is 0 Å². The predicted molar refractivity (Wildman–Crippen MR) is 58.7 cm³/mol. The van der Waals surface area contributed by atoms with Gasteiger partial charge in [-0.05, 0) is 37.0 Å². The first-order chi connectivity index (χ1) is 5.70. The van der Waals surface area contributed by atoms with Gasteiger partial charge in [-0.15, -0.1) is 0 Å². The van der Waals surface area contributed by atoms with Crippen molar-refractivity contribution in [1.29, 1.82) is 0 Å². The van der Waals surface area contributed by atoms with E-state index in [0.717, 1.165) is 11.2 Å². The molecule has 0 N–H and O–H groups in total. The Morgan fingerprint density at radius 1 is 1.42 bits per heavy atom. The minimum atomic E-state index is 0.524. The van der Waals surface area contributed by atoms with Gasteiger partial charge in [0, 0.05) is 5.33 Å². The van der Waals surface area contributed by atoms with Crippen LogP contribution in [-0.2, 0) is 0 Å². The highest BCUT2D eigenvalue weighted by molar-refractivity contribution is 9.09. The smallest absolute Gasteiger partial charge is 0.00853 e. The first-order valence-corrected chi connectivity index (χ1v) is 6.03. The number of rotatable bonds is 4. The number of hydrogen-bond donors (Lipinski definition) is 0. The van der Waals surface area contributed by atoms with Crippen LogP contribution in [0.15, 0.2) is 12.2 Å². The zero-order chi connectivity index (χ0) is 9.03. The van der Waals surface area contributed by atoms with Crippen LogP contribution in [0.5, 0.6) is 0 Å². The zero-order valence-corrected chi connectivity index (χ0v) is 9.73. The molecule has 0 heterocycles. The van der Waals surface area contributed by atoms with Crippen LogP contribution >= 0.6 is 15.9 Å². The summed E-state index contributed by atoms with van der Waals surface area (Å²) in [6, 6.07) is 0. The minimum absolute atomic E-state index is 0.524. The molecular formula is C11H19Br. The summed E-state index contributed by atoms with van der Waals surface area (Å²) in [5, 5.41) is 1.15. The maximum absolute atomic E-state index is 3.62. The predicted octanol–water partition coefficient (Wildman–Crippen LogP) is 4.15. The Hall–Kier alpha value is 0.220. The molecule has 0 spiro atoms. The van der Waals surface area contributed by atoms with Crippen LogP contribution in [0.25, 0.3) is 0 Å². The van der Waals surface area contributed by atoms with E-state index < -0.39 is 0 Å². The van der Waals surface area contributed by atoms with E-state index in [9.17, 15) is 0 Å². The van der Waals surface area contributed by atoms with Gasteiger partial charge in [0.25, 0.3) is 0 Å². The van der Waals surface area contributed by atoms with Crippen molar-refractivity contribution in [3.8, 4) is 0 Å². The molecule has 0 aliphatic heterocycles. The van der Waals surface area contributed by atoms with Crippen LogP contribution in [0, 0.1) is 11.3 Å². The van der Waals surface area contributed by atoms with E-state index in [-0.39, 0.29) is 0 Å². The second kappa shape index (κ2) is 4.45. The molecule has 1 rings (SSSR count). The maximum atomic E-state index is 3.62. The van der Waals surface area contributed by atoms with Gasteiger partial charge in [-0.2, -0.15) is 0 Å². The molecule has 1 unspecified atom stereocenters. The van der Waals surface area contributed by atoms with Crippen LogP contribution in [-0.4, -0.2) is 5.33 Å². The fraction of sp³-hybridized carbons (Fsp3) is 0.818. The van der Waals surface area contributed by atoms with Gasteiger partial charge >= 0.3 is 0 Å². The van der Waals surface area contributed by atoms with Gasteiger partial charge in [-0.25, -0.2) is 0 Å². The summed E-state index contributed by atoms with van der Waals surface area (Å²) in [5.41, 5.74) is 0.524. The van der Waals surface area contributed by atoms with E-state index in [1.54, 1.807) is 0 Å². The molecule has 0 saturated heterocycles. The summed E-state index contributed by atoms with van der Waals surface area (Å²) >= 11 is 3.62. The van der Waals surface area contributed by atoms with Crippen molar-refractivity contribution >= 4 is 15.9 Å². The van der Waals surface area contributed by atoms with Gasteiger partial charge in [-0.3, -0.25) is 0 Å². The maximum Gasteiger partial charge on any atom is 0.00853 e. The fourth-order valence-electron chi connectivity index (χ4n) is 1.83. The van der Waals surface area contributed by atoms with Gasteiger partial charge in [0.05, 0.1) is 0 Å². The zero-order valence-electron chi connectivity index (χ0n) is 8.15. The lowest BCUT2D eigenvalue weighted by Crippen LogP contribution is -2.20. The molecule has 0 aromatic carbocycles. The lowest BCUT2D eigenvalue weighted by atomic mass is 9.80. The molecule has 0 saturated carbocycles. The Bertz CT molecular complexity index is 148. The van der Waals surface area contributed by atoms with E-state index in [1.165, 1.54) is 25.7 Å². The van der Waals surface area contributed by atoms with Gasteiger partial charge in [0.15, 0.2) is 0 Å². The van der Waals surface area contributed by atoms with Crippen LogP contribution < -0.4 is 0 Å². The van der Waals surface area contributed by atoms with Crippen molar-refractivity contribution < 1.29 is 0 Å². The van der Waals surface area contributed by atoms with Gasteiger partial charge in [-0.1, -0.05) is 41.9 Å². The van der Waals surface area contributed by atoms with Crippen LogP contribution in [0.1, 0.15) is 39.5 Å². The van der Waals surface area contributed by atoms with Crippen LogP contribution in [0.2, 0.25) is 0 Å². The molecule has 12 heavy (non-hydrogen) atoms. The second-order valence-corrected chi connectivity index (χ2v) is 4.87. The Morgan fingerprint density at radius 2 is 2.00 bits per heavy atom. The van der Waals surface area contributed by atoms with Crippen molar-refractivity contribution in [2.75, 3.05) is 5.33 Å². The van der Waals surface area contributed by atoms with Crippen molar-refractivity contribution in [1.82, 2.24) is 0 Å². The number of halogens is 1. The molecule has 0 aromatic rings. The summed E-state index contributed by atoms with van der Waals surface area (Å²) in [6.45, 7) is 4.68. The molecule has 0 radical (unpaired) electrons. The highest BCUT2D eigenvalue weighted by Crippen LogP contribution is 2.36. The molecule has 1 atom stereocenters. The van der Waals surface area contributed by atoms with E-state index >= 15 is 0 Å². The fourth-order valence-corrected chi connectivity index (χ4v) is 2.46. The molecule has 0 bridgehead atoms. The molecule has 0 amide bonds. The summed E-state index contributed by atoms with van der Waals surface area (Å²) in [4.78, 5) is 0. The average molecular weight is 231 g/mol. The lowest BCUT2D eigenvalue weighted by molar-refractivity contribution is 0.272. The Labute approximate surface area is 84.6 Å². The topological polar surface area (TPSA) is 0 Å². The van der Waals surface area contributed by atoms with E-state index in [4.69, 9.17) is 0 Å². The molecule has 0 fully saturated rings. The molecule has 1 aliphatic rings. The van der Waals surface area contributed by atoms with E-state index in [2.05, 4.69) is 41.9 Å². The number of alkyl halides is 1. The summed E-state index contributed by atoms with van der Waals surface area (Å²) in [7, 11) is 0. The van der Waals surface area contributed by atoms with Gasteiger partial charge in [0.1, 0.15) is 0 Å². The highest BCUT2D eigenvalue weighted by Gasteiger charge is 2.25. The lowest BCUT2D eigenvalue weighted by Gasteiger charge is -2.28. The summed E-state index contributed by atoms with van der Waals surface area (Å²) in [6.07, 6.45) is 9.94. The highest BCUT2D eigenvalue weighted by atomic mass is 79.9. The largest absolute Gasteiger partial charge is 0.0922 e. The number of allylic oxidation sites excluding steroid dienone is 2. The summed E-state index contributed by atoms with van der Waals surface area (Å²) < 4.78 is 0. The third-order valence-corrected chi connectivity index (χ3v) is 4.42. The molecule has 1 aliphatic carbocycles. The van der Waals surface area contributed by atoms with Crippen molar-refractivity contribution in [3.63, 3.8) is 0 Å². The van der Waals surface area contributed by atoms with E-state index in [0.29, 0.717) is 5.41 Å². The standard InChI is InChI=1S/C11H19Br/c1-3-11(2,9-12)8-10-6-4-5-7-10/h4-5,10H,3,6-9H2,1-2H3. The molecule has 70 valence electrons. The van der Waals surface area contributed by atoms with Crippen molar-refractivity contribution in [2.45, 2.75) is 39.5 Å². The molecular weight excluding hydrogens is 212 g/mol. The summed E-state index contributed by atoms with van der Waals surface area (Å²) in [5.74, 6) is 0.924. The first kappa shape index (κ1) is 10.3. The molecule has 1 heteroatoms. The monoisotopic (exact) mass is 230 g/mol. The molecule has 0 aromatic heterocycles. The second-order valence-electron chi connectivity index (χ2n) is 4.31. The third-order valence-electron chi connectivity index (χ3n) is 3.06. The van der Waals surface area contributed by atoms with Crippen LogP contribution in [0.4, 0.5) is 0 Å². The Balaban J connectivity index is 2.36. The van der Waals surface area contributed by atoms with Gasteiger partial charge < -0.3 is 0 Å². The quantitative estimate of drug-likeness (QED) is 0.503. The van der Waals surface area contributed by atoms with Crippen molar-refractivity contribution in [3.05, 3.63) is 12.2 Å². The average Bonchev–Trinajstić information content (AvgIpc) is 2.57. The van der Waals surface area contributed by atoms with E-state index in [1.807, 2.05) is 0 Å². The number of hydrogen-bond acceptors (Lipinski definition) is 0. The SMILES string of the molecule is CCC(C)(CBr)CC1CC=CC1. The first-order valence-electron chi connectivity index (χ1n) is 4.91. The Kier molecular flexibility index (Phi) is 3.82. The third kappa shape index (κ3) is 2.62.